The molecule has 2 heteroatoms. The molecule has 1 atom stereocenters. The van der Waals surface area contributed by atoms with Crippen molar-refractivity contribution in [1.82, 2.24) is 0 Å². The Morgan fingerprint density at radius 3 is 2.60 bits per heavy atom. The van der Waals surface area contributed by atoms with Crippen molar-refractivity contribution in [3.05, 3.63) is 12.7 Å². The van der Waals surface area contributed by atoms with Gasteiger partial charge < -0.3 is 10.2 Å². The first kappa shape index (κ1) is 9.66. The molecule has 0 aliphatic rings. The van der Waals surface area contributed by atoms with Crippen LogP contribution in [0.5, 0.6) is 0 Å². The van der Waals surface area contributed by atoms with Gasteiger partial charge >= 0.3 is 0 Å². The fraction of sp³-hybridized carbons (Fsp3) is 0.750. The van der Waals surface area contributed by atoms with Gasteiger partial charge in [-0.1, -0.05) is 6.08 Å². The van der Waals surface area contributed by atoms with Gasteiger partial charge in [0.15, 0.2) is 0 Å². The van der Waals surface area contributed by atoms with E-state index in [2.05, 4.69) is 6.58 Å². The zero-order chi connectivity index (χ0) is 7.82. The average molecular weight is 144 g/mol. The van der Waals surface area contributed by atoms with Crippen LogP contribution in [0.1, 0.15) is 25.7 Å². The summed E-state index contributed by atoms with van der Waals surface area (Å²) in [5, 5.41) is 17.6. The van der Waals surface area contributed by atoms with Gasteiger partial charge in [-0.15, -0.1) is 6.58 Å². The van der Waals surface area contributed by atoms with Gasteiger partial charge in [0.1, 0.15) is 0 Å². The van der Waals surface area contributed by atoms with Gasteiger partial charge in [-0.3, -0.25) is 0 Å². The zero-order valence-electron chi connectivity index (χ0n) is 6.29. The highest BCUT2D eigenvalue weighted by Gasteiger charge is 2.00. The molecule has 0 radical (unpaired) electrons. The Bertz CT molecular complexity index is 81.3. The van der Waals surface area contributed by atoms with E-state index in [1.807, 2.05) is 0 Å². The minimum Gasteiger partial charge on any atom is -0.396 e. The molecule has 0 aliphatic carbocycles. The van der Waals surface area contributed by atoms with Crippen molar-refractivity contribution in [3.63, 3.8) is 0 Å². The molecule has 0 saturated carbocycles. The van der Waals surface area contributed by atoms with Gasteiger partial charge in [0, 0.05) is 6.61 Å². The Hall–Kier alpha value is -0.340. The van der Waals surface area contributed by atoms with E-state index in [-0.39, 0.29) is 12.7 Å². The molecule has 0 amide bonds. The second kappa shape index (κ2) is 6.78. The van der Waals surface area contributed by atoms with Crippen LogP contribution in [-0.2, 0) is 0 Å². The van der Waals surface area contributed by atoms with Crippen molar-refractivity contribution >= 4 is 0 Å². The quantitative estimate of drug-likeness (QED) is 0.548. The van der Waals surface area contributed by atoms with Crippen LogP contribution in [-0.4, -0.2) is 22.9 Å². The second-order valence-electron chi connectivity index (χ2n) is 2.39. The van der Waals surface area contributed by atoms with Gasteiger partial charge in [-0.05, 0) is 25.7 Å². The molecule has 0 fully saturated rings. The highest BCUT2D eigenvalue weighted by atomic mass is 16.3. The van der Waals surface area contributed by atoms with Crippen LogP contribution < -0.4 is 0 Å². The summed E-state index contributed by atoms with van der Waals surface area (Å²) >= 11 is 0. The summed E-state index contributed by atoms with van der Waals surface area (Å²) in [6.07, 6.45) is 4.55. The van der Waals surface area contributed by atoms with E-state index in [1.54, 1.807) is 6.08 Å². The van der Waals surface area contributed by atoms with Crippen LogP contribution in [0.3, 0.4) is 0 Å². The van der Waals surface area contributed by atoms with Crippen LogP contribution in [0.15, 0.2) is 12.7 Å². The molecule has 2 nitrogen and oxygen atoms in total. The highest BCUT2D eigenvalue weighted by molar-refractivity contribution is 4.68. The van der Waals surface area contributed by atoms with E-state index in [0.29, 0.717) is 12.8 Å². The number of allylic oxidation sites excluding steroid dienone is 1. The summed E-state index contributed by atoms with van der Waals surface area (Å²) in [5.74, 6) is 0. The summed E-state index contributed by atoms with van der Waals surface area (Å²) in [6.45, 7) is 3.72. The van der Waals surface area contributed by atoms with Crippen molar-refractivity contribution in [2.24, 2.45) is 0 Å². The molecule has 1 unspecified atom stereocenters. The summed E-state index contributed by atoms with van der Waals surface area (Å²) in [6, 6.07) is 0. The average Bonchev–Trinajstić information content (AvgIpc) is 1.97. The first-order valence-corrected chi connectivity index (χ1v) is 3.71. The van der Waals surface area contributed by atoms with Crippen LogP contribution in [0, 0.1) is 0 Å². The Labute approximate surface area is 62.2 Å². The minimum atomic E-state index is -0.259. The standard InChI is InChI=1S/C8H16O2/c1-2-3-5-8(10)6-4-7-9/h2,8-10H,1,3-7H2. The number of aliphatic hydroxyl groups is 2. The predicted molar refractivity (Wildman–Crippen MR) is 41.8 cm³/mol. The molecular weight excluding hydrogens is 128 g/mol. The van der Waals surface area contributed by atoms with Crippen LogP contribution >= 0.6 is 0 Å². The lowest BCUT2D eigenvalue weighted by molar-refractivity contribution is 0.142. The molecule has 0 spiro atoms. The monoisotopic (exact) mass is 144 g/mol. The van der Waals surface area contributed by atoms with Gasteiger partial charge in [0.2, 0.25) is 0 Å². The molecule has 0 aromatic carbocycles. The third-order valence-corrected chi connectivity index (χ3v) is 1.40. The smallest absolute Gasteiger partial charge is 0.0544 e. The summed E-state index contributed by atoms with van der Waals surface area (Å²) < 4.78 is 0. The van der Waals surface area contributed by atoms with E-state index in [4.69, 9.17) is 10.2 Å². The van der Waals surface area contributed by atoms with Crippen molar-refractivity contribution in [3.8, 4) is 0 Å². The maximum Gasteiger partial charge on any atom is 0.0544 e. The van der Waals surface area contributed by atoms with Gasteiger partial charge in [0.05, 0.1) is 6.10 Å². The highest BCUT2D eigenvalue weighted by Crippen LogP contribution is 2.03. The van der Waals surface area contributed by atoms with E-state index in [0.717, 1.165) is 12.8 Å². The molecule has 60 valence electrons. The third kappa shape index (κ3) is 5.79. The molecule has 0 aromatic heterocycles. The molecule has 0 aliphatic heterocycles. The number of hydrogen-bond donors (Lipinski definition) is 2. The fourth-order valence-electron chi connectivity index (χ4n) is 0.781. The van der Waals surface area contributed by atoms with Crippen molar-refractivity contribution < 1.29 is 10.2 Å². The number of rotatable bonds is 6. The number of aliphatic hydroxyl groups excluding tert-OH is 2. The van der Waals surface area contributed by atoms with Crippen molar-refractivity contribution in [2.45, 2.75) is 31.8 Å². The second-order valence-corrected chi connectivity index (χ2v) is 2.39. The normalized spacial score (nSPS) is 13.0. The predicted octanol–water partition coefficient (Wildman–Crippen LogP) is 1.09. The zero-order valence-corrected chi connectivity index (χ0v) is 6.29. The minimum absolute atomic E-state index is 0.172. The summed E-state index contributed by atoms with van der Waals surface area (Å²) in [5.41, 5.74) is 0. The molecule has 0 rings (SSSR count). The van der Waals surface area contributed by atoms with E-state index >= 15 is 0 Å². The van der Waals surface area contributed by atoms with Crippen LogP contribution in [0.25, 0.3) is 0 Å². The molecule has 0 heterocycles. The van der Waals surface area contributed by atoms with E-state index in [1.165, 1.54) is 0 Å². The summed E-state index contributed by atoms with van der Waals surface area (Å²) in [4.78, 5) is 0. The molecule has 0 saturated heterocycles. The maximum absolute atomic E-state index is 9.15. The molecule has 10 heavy (non-hydrogen) atoms. The summed E-state index contributed by atoms with van der Waals surface area (Å²) in [7, 11) is 0. The Kier molecular flexibility index (Phi) is 6.55. The van der Waals surface area contributed by atoms with E-state index < -0.39 is 0 Å². The van der Waals surface area contributed by atoms with Gasteiger partial charge in [-0.25, -0.2) is 0 Å². The van der Waals surface area contributed by atoms with Crippen molar-refractivity contribution in [1.29, 1.82) is 0 Å². The molecular formula is C8H16O2. The Morgan fingerprint density at radius 2 is 2.10 bits per heavy atom. The molecule has 2 N–H and O–H groups in total. The lowest BCUT2D eigenvalue weighted by Crippen LogP contribution is -2.06. The van der Waals surface area contributed by atoms with Crippen LogP contribution in [0.2, 0.25) is 0 Å². The first-order chi connectivity index (χ1) is 4.81. The topological polar surface area (TPSA) is 40.5 Å². The van der Waals surface area contributed by atoms with Gasteiger partial charge in [-0.2, -0.15) is 0 Å². The fourth-order valence-corrected chi connectivity index (χ4v) is 0.781. The largest absolute Gasteiger partial charge is 0.396 e. The van der Waals surface area contributed by atoms with E-state index in [9.17, 15) is 0 Å². The molecule has 0 aromatic rings. The Balaban J connectivity index is 3.07. The lowest BCUT2D eigenvalue weighted by atomic mass is 10.1. The third-order valence-electron chi connectivity index (χ3n) is 1.40. The van der Waals surface area contributed by atoms with Crippen molar-refractivity contribution in [2.75, 3.05) is 6.61 Å². The number of hydrogen-bond acceptors (Lipinski definition) is 2. The van der Waals surface area contributed by atoms with Gasteiger partial charge in [0.25, 0.3) is 0 Å². The molecule has 0 bridgehead atoms. The first-order valence-electron chi connectivity index (χ1n) is 3.71. The lowest BCUT2D eigenvalue weighted by Gasteiger charge is -2.06. The SMILES string of the molecule is C=CCCC(O)CCCO. The maximum atomic E-state index is 9.15. The van der Waals surface area contributed by atoms with Crippen LogP contribution in [0.4, 0.5) is 0 Å². The Morgan fingerprint density at radius 1 is 1.40 bits per heavy atom.